The fourth-order valence-corrected chi connectivity index (χ4v) is 1.80. The van der Waals surface area contributed by atoms with E-state index in [2.05, 4.69) is 4.98 Å². The van der Waals surface area contributed by atoms with Gasteiger partial charge in [0.1, 0.15) is 5.84 Å². The van der Waals surface area contributed by atoms with Gasteiger partial charge in [0.15, 0.2) is 0 Å². The Labute approximate surface area is 128 Å². The van der Waals surface area contributed by atoms with Crippen molar-refractivity contribution in [1.29, 1.82) is 5.41 Å². The Morgan fingerprint density at radius 3 is 2.62 bits per heavy atom. The molecule has 0 spiro atoms. The predicted molar refractivity (Wildman–Crippen MR) is 78.4 cm³/mol. The number of halogens is 2. The van der Waals surface area contributed by atoms with Gasteiger partial charge in [-0.25, -0.2) is 4.98 Å². The molecular formula is C12H8Cl2N4O3. The summed E-state index contributed by atoms with van der Waals surface area (Å²) < 4.78 is 5.35. The van der Waals surface area contributed by atoms with E-state index in [1.54, 1.807) is 0 Å². The number of nitrogens with one attached hydrogen (secondary N) is 1. The first-order valence-electron chi connectivity index (χ1n) is 5.50. The van der Waals surface area contributed by atoms with Gasteiger partial charge in [-0.15, -0.1) is 0 Å². The smallest absolute Gasteiger partial charge is 0.313 e. The van der Waals surface area contributed by atoms with E-state index >= 15 is 0 Å². The standard InChI is InChI=1S/C12H8Cl2N4O3/c13-7-4-9(18(19)20)10(5-8(7)14)21-11-3-6(12(15)16)1-2-17-11/h1-5H,(H3,15,16). The zero-order valence-electron chi connectivity index (χ0n) is 10.3. The van der Waals surface area contributed by atoms with Crippen LogP contribution in [0.5, 0.6) is 11.6 Å². The maximum Gasteiger partial charge on any atom is 0.313 e. The summed E-state index contributed by atoms with van der Waals surface area (Å²) in [6.07, 6.45) is 1.37. The largest absolute Gasteiger partial charge is 0.432 e. The third-order valence-electron chi connectivity index (χ3n) is 2.46. The number of hydrogen-bond donors (Lipinski definition) is 2. The number of nitro groups is 1. The summed E-state index contributed by atoms with van der Waals surface area (Å²) in [5.74, 6) is -0.238. The molecular weight excluding hydrogens is 319 g/mol. The Balaban J connectivity index is 2.43. The van der Waals surface area contributed by atoms with Gasteiger partial charge in [-0.3, -0.25) is 15.5 Å². The Morgan fingerprint density at radius 1 is 1.33 bits per heavy atom. The molecule has 0 bridgehead atoms. The van der Waals surface area contributed by atoms with Crippen LogP contribution in [-0.2, 0) is 0 Å². The molecule has 0 saturated carbocycles. The number of amidine groups is 1. The average molecular weight is 327 g/mol. The molecule has 1 aromatic heterocycles. The minimum atomic E-state index is -0.646. The molecule has 0 amide bonds. The number of pyridine rings is 1. The number of nitrogens with two attached hydrogens (primary N) is 1. The van der Waals surface area contributed by atoms with Crippen molar-refractivity contribution in [3.8, 4) is 11.6 Å². The molecule has 1 heterocycles. The van der Waals surface area contributed by atoms with Gasteiger partial charge in [0.05, 0.1) is 15.0 Å². The molecule has 3 N–H and O–H groups in total. The van der Waals surface area contributed by atoms with E-state index in [1.165, 1.54) is 24.4 Å². The highest BCUT2D eigenvalue weighted by molar-refractivity contribution is 6.42. The van der Waals surface area contributed by atoms with Crippen LogP contribution < -0.4 is 10.5 Å². The van der Waals surface area contributed by atoms with Crippen molar-refractivity contribution in [2.45, 2.75) is 0 Å². The zero-order valence-corrected chi connectivity index (χ0v) is 11.9. The second-order valence-electron chi connectivity index (χ2n) is 3.89. The molecule has 0 unspecified atom stereocenters. The third-order valence-corrected chi connectivity index (χ3v) is 3.18. The number of benzene rings is 1. The maximum atomic E-state index is 11.0. The highest BCUT2D eigenvalue weighted by Crippen LogP contribution is 2.37. The summed E-state index contributed by atoms with van der Waals surface area (Å²) in [6, 6.07) is 5.21. The van der Waals surface area contributed by atoms with Crippen LogP contribution in [0.1, 0.15) is 5.56 Å². The molecule has 0 aliphatic heterocycles. The van der Waals surface area contributed by atoms with Crippen LogP contribution in [0.3, 0.4) is 0 Å². The molecule has 7 nitrogen and oxygen atoms in total. The van der Waals surface area contributed by atoms with Crippen LogP contribution in [0.25, 0.3) is 0 Å². The zero-order chi connectivity index (χ0) is 15.6. The van der Waals surface area contributed by atoms with Crippen molar-refractivity contribution >= 4 is 34.7 Å². The molecule has 2 rings (SSSR count). The molecule has 0 fully saturated rings. The number of nitrogen functional groups attached to an aromatic ring is 1. The van der Waals surface area contributed by atoms with Gasteiger partial charge >= 0.3 is 5.69 Å². The number of aromatic nitrogens is 1. The minimum Gasteiger partial charge on any atom is -0.432 e. The van der Waals surface area contributed by atoms with Gasteiger partial charge in [0, 0.05) is 30.0 Å². The van der Waals surface area contributed by atoms with Crippen molar-refractivity contribution in [2.24, 2.45) is 5.73 Å². The van der Waals surface area contributed by atoms with Crippen molar-refractivity contribution in [3.05, 3.63) is 56.2 Å². The lowest BCUT2D eigenvalue weighted by molar-refractivity contribution is -0.385. The number of nitrogens with zero attached hydrogens (tertiary/aromatic N) is 2. The molecule has 2 aromatic rings. The van der Waals surface area contributed by atoms with E-state index in [1.807, 2.05) is 0 Å². The van der Waals surface area contributed by atoms with Gasteiger partial charge in [-0.1, -0.05) is 23.2 Å². The SMILES string of the molecule is N=C(N)c1ccnc(Oc2cc(Cl)c(Cl)cc2[N+](=O)[O-])c1. The quantitative estimate of drug-likeness (QED) is 0.386. The Bertz CT molecular complexity index is 736. The second-order valence-corrected chi connectivity index (χ2v) is 4.70. The predicted octanol–water partition coefficient (Wildman–Crippen LogP) is 3.37. The van der Waals surface area contributed by atoms with Gasteiger partial charge in [-0.2, -0.15) is 0 Å². The Kier molecular flexibility index (Phi) is 4.25. The van der Waals surface area contributed by atoms with E-state index in [9.17, 15) is 10.1 Å². The molecule has 108 valence electrons. The van der Waals surface area contributed by atoms with E-state index in [0.29, 0.717) is 5.56 Å². The third kappa shape index (κ3) is 3.39. The molecule has 9 heteroatoms. The maximum absolute atomic E-state index is 11.0. The molecule has 0 aliphatic carbocycles. The monoisotopic (exact) mass is 326 g/mol. The fraction of sp³-hybridized carbons (Fsp3) is 0. The van der Waals surface area contributed by atoms with E-state index in [4.69, 9.17) is 39.1 Å². The van der Waals surface area contributed by atoms with Crippen LogP contribution in [-0.4, -0.2) is 15.7 Å². The van der Waals surface area contributed by atoms with Gasteiger partial charge in [-0.05, 0) is 6.07 Å². The Hall–Kier alpha value is -2.38. The summed E-state index contributed by atoms with van der Waals surface area (Å²) in [4.78, 5) is 14.3. The van der Waals surface area contributed by atoms with E-state index in [0.717, 1.165) is 6.07 Å². The first-order chi connectivity index (χ1) is 9.88. The molecule has 21 heavy (non-hydrogen) atoms. The molecule has 1 aromatic carbocycles. The van der Waals surface area contributed by atoms with Crippen LogP contribution in [0, 0.1) is 15.5 Å². The summed E-state index contributed by atoms with van der Waals surface area (Å²) in [5.41, 5.74) is 5.38. The number of ether oxygens (including phenoxy) is 1. The molecule has 0 saturated heterocycles. The highest BCUT2D eigenvalue weighted by Gasteiger charge is 2.19. The molecule has 0 aliphatic rings. The van der Waals surface area contributed by atoms with E-state index < -0.39 is 4.92 Å². The summed E-state index contributed by atoms with van der Waals surface area (Å²) in [7, 11) is 0. The van der Waals surface area contributed by atoms with Crippen molar-refractivity contribution < 1.29 is 9.66 Å². The lowest BCUT2D eigenvalue weighted by atomic mass is 10.2. The minimum absolute atomic E-state index is 0.0427. The van der Waals surface area contributed by atoms with E-state index in [-0.39, 0.29) is 33.2 Å². The summed E-state index contributed by atoms with van der Waals surface area (Å²) >= 11 is 11.6. The number of rotatable bonds is 4. The number of hydrogen-bond acceptors (Lipinski definition) is 5. The van der Waals surface area contributed by atoms with Gasteiger partial charge in [0.25, 0.3) is 0 Å². The van der Waals surface area contributed by atoms with Crippen molar-refractivity contribution in [2.75, 3.05) is 0 Å². The van der Waals surface area contributed by atoms with Gasteiger partial charge in [0.2, 0.25) is 11.6 Å². The van der Waals surface area contributed by atoms with Crippen LogP contribution in [0.15, 0.2) is 30.5 Å². The molecule has 0 atom stereocenters. The fourth-order valence-electron chi connectivity index (χ4n) is 1.49. The number of nitro benzene ring substituents is 1. The average Bonchev–Trinajstić information content (AvgIpc) is 2.42. The normalized spacial score (nSPS) is 10.2. The van der Waals surface area contributed by atoms with Crippen LogP contribution in [0.4, 0.5) is 5.69 Å². The molecule has 0 radical (unpaired) electrons. The highest BCUT2D eigenvalue weighted by atomic mass is 35.5. The topological polar surface area (TPSA) is 115 Å². The van der Waals surface area contributed by atoms with Crippen molar-refractivity contribution in [3.63, 3.8) is 0 Å². The van der Waals surface area contributed by atoms with Crippen LogP contribution >= 0.6 is 23.2 Å². The lowest BCUT2D eigenvalue weighted by Gasteiger charge is -2.07. The first-order valence-corrected chi connectivity index (χ1v) is 6.26. The summed E-state index contributed by atoms with van der Waals surface area (Å²) in [5, 5.41) is 18.5. The van der Waals surface area contributed by atoms with Crippen molar-refractivity contribution in [1.82, 2.24) is 4.98 Å². The summed E-state index contributed by atoms with van der Waals surface area (Å²) in [6.45, 7) is 0. The Morgan fingerprint density at radius 2 is 2.00 bits per heavy atom. The first kappa shape index (κ1) is 15.0. The lowest BCUT2D eigenvalue weighted by Crippen LogP contribution is -2.11. The van der Waals surface area contributed by atoms with Gasteiger partial charge < -0.3 is 10.5 Å². The second kappa shape index (κ2) is 5.94. The van der Waals surface area contributed by atoms with Crippen LogP contribution in [0.2, 0.25) is 10.0 Å².